The van der Waals surface area contributed by atoms with Crippen LogP contribution >= 0.6 is 0 Å². The van der Waals surface area contributed by atoms with Gasteiger partial charge in [-0.15, -0.1) is 0 Å². The van der Waals surface area contributed by atoms with E-state index in [0.29, 0.717) is 11.7 Å². The molecule has 1 aliphatic rings. The van der Waals surface area contributed by atoms with Crippen LogP contribution in [0, 0.1) is 17.8 Å². The van der Waals surface area contributed by atoms with Crippen LogP contribution in [-0.4, -0.2) is 5.78 Å². The maximum Gasteiger partial charge on any atom is 0.132 e. The van der Waals surface area contributed by atoms with Crippen LogP contribution in [0.2, 0.25) is 0 Å². The normalized spacial score (nSPS) is 28.0. The second-order valence-electron chi connectivity index (χ2n) is 5.30. The molecule has 1 rings (SSSR count). The van der Waals surface area contributed by atoms with Gasteiger partial charge in [0.2, 0.25) is 0 Å². The van der Waals surface area contributed by atoms with Gasteiger partial charge in [0, 0.05) is 5.92 Å². The molecule has 0 aromatic rings. The minimum atomic E-state index is 0.394. The fourth-order valence-electron chi connectivity index (χ4n) is 2.43. The summed E-state index contributed by atoms with van der Waals surface area (Å²) in [5, 5.41) is 0. The summed E-state index contributed by atoms with van der Waals surface area (Å²) in [6, 6.07) is 0. The first-order valence-electron chi connectivity index (χ1n) is 6.10. The van der Waals surface area contributed by atoms with Crippen molar-refractivity contribution in [1.82, 2.24) is 0 Å². The Balaban J connectivity index is 2.19. The average molecular weight is 196 g/mol. The Morgan fingerprint density at radius 2 is 1.79 bits per heavy atom. The van der Waals surface area contributed by atoms with Gasteiger partial charge in [-0.1, -0.05) is 26.7 Å². The van der Waals surface area contributed by atoms with Gasteiger partial charge in [0.15, 0.2) is 0 Å². The summed E-state index contributed by atoms with van der Waals surface area (Å²) in [5.74, 6) is 2.55. The smallest absolute Gasteiger partial charge is 0.132 e. The highest BCUT2D eigenvalue weighted by atomic mass is 16.1. The third-order valence-corrected chi connectivity index (χ3v) is 3.57. The van der Waals surface area contributed by atoms with Gasteiger partial charge in [0.1, 0.15) is 5.78 Å². The van der Waals surface area contributed by atoms with Gasteiger partial charge < -0.3 is 0 Å². The van der Waals surface area contributed by atoms with Crippen molar-refractivity contribution < 1.29 is 4.79 Å². The number of carbonyl (C=O) groups excluding carboxylic acids is 1. The predicted molar refractivity (Wildman–Crippen MR) is 60.2 cm³/mol. The number of hydrogen-bond acceptors (Lipinski definition) is 1. The monoisotopic (exact) mass is 196 g/mol. The van der Waals surface area contributed by atoms with Crippen molar-refractivity contribution in [2.24, 2.45) is 17.8 Å². The molecule has 0 amide bonds. The van der Waals surface area contributed by atoms with Gasteiger partial charge >= 0.3 is 0 Å². The molecule has 1 aliphatic carbocycles. The van der Waals surface area contributed by atoms with Gasteiger partial charge in [-0.2, -0.15) is 0 Å². The lowest BCUT2D eigenvalue weighted by molar-refractivity contribution is -0.121. The van der Waals surface area contributed by atoms with E-state index in [-0.39, 0.29) is 0 Å². The molecule has 0 aromatic heterocycles. The second kappa shape index (κ2) is 5.53. The van der Waals surface area contributed by atoms with Gasteiger partial charge in [-0.05, 0) is 44.4 Å². The molecule has 82 valence electrons. The molecule has 0 saturated heterocycles. The summed E-state index contributed by atoms with van der Waals surface area (Å²) in [4.78, 5) is 11.2. The van der Waals surface area contributed by atoms with Crippen LogP contribution in [0.5, 0.6) is 0 Å². The second-order valence-corrected chi connectivity index (χ2v) is 5.30. The van der Waals surface area contributed by atoms with Crippen LogP contribution in [0.3, 0.4) is 0 Å². The predicted octanol–water partition coefficient (Wildman–Crippen LogP) is 3.82. The van der Waals surface area contributed by atoms with Crippen molar-refractivity contribution in [3.05, 3.63) is 0 Å². The lowest BCUT2D eigenvalue weighted by atomic mass is 9.78. The summed E-state index contributed by atoms with van der Waals surface area (Å²) in [6.45, 7) is 6.33. The fourth-order valence-corrected chi connectivity index (χ4v) is 2.43. The Morgan fingerprint density at radius 3 is 2.21 bits per heavy atom. The molecule has 14 heavy (non-hydrogen) atoms. The maximum atomic E-state index is 11.2. The van der Waals surface area contributed by atoms with Crippen molar-refractivity contribution in [2.45, 2.75) is 59.3 Å². The highest BCUT2D eigenvalue weighted by Crippen LogP contribution is 2.32. The van der Waals surface area contributed by atoms with Crippen LogP contribution in [-0.2, 0) is 4.79 Å². The Hall–Kier alpha value is -0.330. The number of Topliss-reactive ketones (excluding diaryl/α,β-unsaturated/α-hetero) is 1. The molecule has 0 heterocycles. The van der Waals surface area contributed by atoms with E-state index in [9.17, 15) is 4.79 Å². The molecule has 0 aromatic carbocycles. The molecular weight excluding hydrogens is 172 g/mol. The molecule has 0 radical (unpaired) electrons. The highest BCUT2D eigenvalue weighted by Gasteiger charge is 2.23. The first kappa shape index (κ1) is 11.7. The van der Waals surface area contributed by atoms with E-state index in [4.69, 9.17) is 0 Å². The standard InChI is InChI=1S/C13H24O/c1-10(2)4-5-12-6-8-13(9-7-12)11(3)14/h10,12-13H,4-9H2,1-3H3. The SMILES string of the molecule is CC(=O)C1CCC(CCC(C)C)CC1. The minimum Gasteiger partial charge on any atom is -0.300 e. The maximum absolute atomic E-state index is 11.2. The van der Waals surface area contributed by atoms with Crippen LogP contribution in [0.15, 0.2) is 0 Å². The molecule has 0 N–H and O–H groups in total. The summed E-state index contributed by atoms with van der Waals surface area (Å²) in [6.07, 6.45) is 7.61. The zero-order valence-electron chi connectivity index (χ0n) is 9.88. The van der Waals surface area contributed by atoms with Gasteiger partial charge in [-0.3, -0.25) is 4.79 Å². The zero-order valence-corrected chi connectivity index (χ0v) is 9.88. The summed E-state index contributed by atoms with van der Waals surface area (Å²) < 4.78 is 0. The first-order valence-corrected chi connectivity index (χ1v) is 6.10. The topological polar surface area (TPSA) is 17.1 Å². The molecule has 1 saturated carbocycles. The van der Waals surface area contributed by atoms with E-state index in [1.165, 1.54) is 25.7 Å². The number of hydrogen-bond donors (Lipinski definition) is 0. The molecule has 1 heteroatoms. The number of carbonyl (C=O) groups is 1. The van der Waals surface area contributed by atoms with Gasteiger partial charge in [0.25, 0.3) is 0 Å². The average Bonchev–Trinajstić information content (AvgIpc) is 2.15. The van der Waals surface area contributed by atoms with E-state index < -0.39 is 0 Å². The first-order chi connectivity index (χ1) is 6.59. The largest absolute Gasteiger partial charge is 0.300 e. The zero-order chi connectivity index (χ0) is 10.6. The summed E-state index contributed by atoms with van der Waals surface area (Å²) in [7, 11) is 0. The van der Waals surface area contributed by atoms with Crippen LogP contribution in [0.25, 0.3) is 0 Å². The van der Waals surface area contributed by atoms with Crippen molar-refractivity contribution in [1.29, 1.82) is 0 Å². The van der Waals surface area contributed by atoms with E-state index >= 15 is 0 Å². The van der Waals surface area contributed by atoms with E-state index in [0.717, 1.165) is 24.7 Å². The summed E-state index contributed by atoms with van der Waals surface area (Å²) in [5.41, 5.74) is 0. The molecule has 1 fully saturated rings. The molecule has 0 aliphatic heterocycles. The van der Waals surface area contributed by atoms with Crippen molar-refractivity contribution in [3.8, 4) is 0 Å². The van der Waals surface area contributed by atoms with E-state index in [1.54, 1.807) is 6.92 Å². The number of rotatable bonds is 4. The molecule has 0 unspecified atom stereocenters. The van der Waals surface area contributed by atoms with Gasteiger partial charge in [-0.25, -0.2) is 0 Å². The van der Waals surface area contributed by atoms with Crippen molar-refractivity contribution in [3.63, 3.8) is 0 Å². The molecule has 0 spiro atoms. The van der Waals surface area contributed by atoms with Gasteiger partial charge in [0.05, 0.1) is 0 Å². The lowest BCUT2D eigenvalue weighted by Gasteiger charge is -2.27. The highest BCUT2D eigenvalue weighted by molar-refractivity contribution is 5.78. The Morgan fingerprint density at radius 1 is 1.21 bits per heavy atom. The van der Waals surface area contributed by atoms with Crippen LogP contribution in [0.1, 0.15) is 59.3 Å². The Bertz CT molecular complexity index is 176. The molecule has 0 atom stereocenters. The van der Waals surface area contributed by atoms with E-state index in [1.807, 2.05) is 0 Å². The van der Waals surface area contributed by atoms with Crippen LogP contribution < -0.4 is 0 Å². The van der Waals surface area contributed by atoms with Crippen LogP contribution in [0.4, 0.5) is 0 Å². The lowest BCUT2D eigenvalue weighted by Crippen LogP contribution is -2.20. The van der Waals surface area contributed by atoms with Crippen molar-refractivity contribution in [2.75, 3.05) is 0 Å². The quantitative estimate of drug-likeness (QED) is 0.668. The van der Waals surface area contributed by atoms with E-state index in [2.05, 4.69) is 13.8 Å². The van der Waals surface area contributed by atoms with Crippen molar-refractivity contribution >= 4 is 5.78 Å². The number of ketones is 1. The Labute approximate surface area is 88.3 Å². The Kier molecular flexibility index (Phi) is 4.64. The third-order valence-electron chi connectivity index (χ3n) is 3.57. The third kappa shape index (κ3) is 3.81. The molecule has 0 bridgehead atoms. The molecule has 1 nitrogen and oxygen atoms in total. The minimum absolute atomic E-state index is 0.394. The fraction of sp³-hybridized carbons (Fsp3) is 0.923. The summed E-state index contributed by atoms with van der Waals surface area (Å²) >= 11 is 0. The molecular formula is C13H24O.